The summed E-state index contributed by atoms with van der Waals surface area (Å²) in [6, 6.07) is 0. The first kappa shape index (κ1) is 31.1. The molecule has 0 fully saturated rings. The first-order valence-corrected chi connectivity index (χ1v) is 1.88. The molecule has 0 aliphatic carbocycles. The first-order chi connectivity index (χ1) is 4.52. The summed E-state index contributed by atoms with van der Waals surface area (Å²) < 4.78 is 6.47. The van der Waals surface area contributed by atoms with E-state index in [0.717, 1.165) is 0 Å². The van der Waals surface area contributed by atoms with E-state index in [1.165, 1.54) is 0 Å². The molecule has 0 aromatic heterocycles. The van der Waals surface area contributed by atoms with Crippen molar-refractivity contribution in [3.63, 3.8) is 0 Å². The quantitative estimate of drug-likeness (QED) is 0.156. The molecule has 0 heterocycles. The van der Waals surface area contributed by atoms with Gasteiger partial charge in [-0.3, -0.25) is 0 Å². The molecule has 0 aliphatic heterocycles. The van der Waals surface area contributed by atoms with Gasteiger partial charge >= 0.3 is 214 Å². The van der Waals surface area contributed by atoms with Crippen molar-refractivity contribution < 1.29 is 34.1 Å². The fraction of sp³-hybridized carbons (Fsp3) is 0. The van der Waals surface area contributed by atoms with Gasteiger partial charge in [-0.25, -0.2) is 14.4 Å². The van der Waals surface area contributed by atoms with Gasteiger partial charge in [-0.2, -0.15) is 0 Å². The van der Waals surface area contributed by atoms with Crippen LogP contribution in [0.2, 0.25) is 0 Å². The Labute approximate surface area is 240 Å². The molecule has 0 aromatic carbocycles. The van der Waals surface area contributed by atoms with E-state index in [0.29, 0.717) is 0 Å². The Balaban J connectivity index is -0.0000000675. The van der Waals surface area contributed by atoms with Gasteiger partial charge in [0.2, 0.25) is 0 Å². The van der Waals surface area contributed by atoms with Crippen LogP contribution in [0.5, 0.6) is 0 Å². The van der Waals surface area contributed by atoms with Crippen LogP contribution >= 0.6 is 0 Å². The summed E-state index contributed by atoms with van der Waals surface area (Å²) in [4.78, 5) is 28.8. The van der Waals surface area contributed by atoms with Crippen molar-refractivity contribution >= 4 is 214 Å². The molecule has 0 atom stereocenters. The van der Waals surface area contributed by atoms with Crippen LogP contribution in [0.1, 0.15) is 0 Å². The van der Waals surface area contributed by atoms with E-state index in [2.05, 4.69) is 9.47 Å². The van der Waals surface area contributed by atoms with Gasteiger partial charge in [0.1, 0.15) is 0 Å². The zero-order valence-electron chi connectivity index (χ0n) is 4.44. The molecule has 72 valence electrons. The van der Waals surface area contributed by atoms with Gasteiger partial charge in [0.15, 0.2) is 0 Å². The zero-order valence-corrected chi connectivity index (χ0v) is 4.44. The predicted molar refractivity (Wildman–Crippen MR) is 57.8 cm³/mol. The molecule has 0 spiro atoms. The van der Waals surface area contributed by atoms with E-state index in [9.17, 15) is 14.4 Å². The number of hydrogen-bond donors (Lipinski definition) is 2. The van der Waals surface area contributed by atoms with Crippen molar-refractivity contribution in [1.82, 2.24) is 0 Å². The Morgan fingerprint density at radius 1 is 0.714 bits per heavy atom. The molecule has 0 saturated heterocycles. The molecule has 2 N–H and O–H groups in total. The van der Waals surface area contributed by atoms with Crippen molar-refractivity contribution in [1.29, 1.82) is 0 Å². The van der Waals surface area contributed by atoms with Gasteiger partial charge in [0, 0.05) is 0 Å². The Hall–Kier alpha value is 4.50. The van der Waals surface area contributed by atoms with Gasteiger partial charge in [0.05, 0.1) is 0 Å². The van der Waals surface area contributed by atoms with Gasteiger partial charge < -0.3 is 19.7 Å². The average molecular weight is 707 g/mol. The van der Waals surface area contributed by atoms with Crippen molar-refractivity contribution in [3.8, 4) is 0 Å². The molecule has 0 aliphatic rings. The minimum absolute atomic E-state index is 0. The Bertz CT molecular complexity index is 164. The molecule has 0 unspecified atom stereocenters. The van der Waals surface area contributed by atoms with Crippen LogP contribution in [-0.2, 0) is 9.47 Å². The summed E-state index contributed by atoms with van der Waals surface area (Å²) in [6.07, 6.45) is -5.64. The monoisotopic (exact) mass is 710 g/mol. The zero-order chi connectivity index (χ0) is 8.15. The van der Waals surface area contributed by atoms with E-state index in [-0.39, 0.29) is 196 Å². The van der Waals surface area contributed by atoms with Crippen molar-refractivity contribution in [2.45, 2.75) is 0 Å². The van der Waals surface area contributed by atoms with Crippen LogP contribution in [0, 0.1) is 0 Å². The molecular weight excluding hydrogens is 697 g/mol. The third-order valence-corrected chi connectivity index (χ3v) is 0.341. The van der Waals surface area contributed by atoms with Crippen molar-refractivity contribution in [3.05, 3.63) is 0 Å². The minimum atomic E-state index is -1.92. The molecule has 0 aromatic rings. The summed E-state index contributed by atoms with van der Waals surface area (Å²) in [6.45, 7) is 0. The van der Waals surface area contributed by atoms with Crippen LogP contribution in [0.15, 0.2) is 0 Å². The topological polar surface area (TPSA) is 110 Å². The number of ether oxygens (including phenoxy) is 2. The molecule has 11 heteroatoms. The molecule has 0 radical (unpaired) electrons. The van der Waals surface area contributed by atoms with Crippen LogP contribution in [0.3, 0.4) is 0 Å². The van der Waals surface area contributed by atoms with E-state index >= 15 is 0 Å². The van der Waals surface area contributed by atoms with Crippen molar-refractivity contribution in [2.75, 3.05) is 0 Å². The average Bonchev–Trinajstić information content (AvgIpc) is 1.58. The number of carboxylic acid groups (broad SMARTS) is 2. The molecule has 0 saturated carbocycles. The van der Waals surface area contributed by atoms with Crippen molar-refractivity contribution in [2.24, 2.45) is 0 Å². The maximum absolute atomic E-state index is 9.86. The standard InChI is InChI=1S/C3H2O7.4Ba.8H/c4-1(5)9-3(8)10-2(6)7;;;;;;;;;;;;/h(H,4,5)(H,6,7);;;;;;;;;;;;. The molecular formula is C3H10Ba4O7. The summed E-state index contributed by atoms with van der Waals surface area (Å²) in [5.41, 5.74) is 0. The molecule has 14 heavy (non-hydrogen) atoms. The van der Waals surface area contributed by atoms with E-state index in [4.69, 9.17) is 10.2 Å². The third-order valence-electron chi connectivity index (χ3n) is 0.341. The summed E-state index contributed by atoms with van der Waals surface area (Å²) in [5.74, 6) is 0. The normalized spacial score (nSPS) is 5.71. The number of carbonyl (C=O) groups excluding carboxylic acids is 1. The van der Waals surface area contributed by atoms with E-state index in [1.807, 2.05) is 0 Å². The van der Waals surface area contributed by atoms with Crippen LogP contribution in [0.4, 0.5) is 14.4 Å². The maximum atomic E-state index is 9.86. The second-order valence-corrected chi connectivity index (χ2v) is 0.986. The second kappa shape index (κ2) is 19.8. The first-order valence-electron chi connectivity index (χ1n) is 1.88. The van der Waals surface area contributed by atoms with Gasteiger partial charge in [-0.1, -0.05) is 0 Å². The Kier molecular flexibility index (Phi) is 44.0. The molecule has 0 bridgehead atoms. The third kappa shape index (κ3) is 25.4. The van der Waals surface area contributed by atoms with Gasteiger partial charge in [0.25, 0.3) is 0 Å². The molecule has 7 nitrogen and oxygen atoms in total. The Morgan fingerprint density at radius 2 is 0.929 bits per heavy atom. The summed E-state index contributed by atoms with van der Waals surface area (Å²) in [7, 11) is 0. The van der Waals surface area contributed by atoms with E-state index < -0.39 is 18.5 Å². The summed E-state index contributed by atoms with van der Waals surface area (Å²) in [5, 5.41) is 15.4. The summed E-state index contributed by atoms with van der Waals surface area (Å²) >= 11 is 0. The number of rotatable bonds is 0. The molecule has 0 rings (SSSR count). The number of carbonyl (C=O) groups is 3. The van der Waals surface area contributed by atoms with Gasteiger partial charge in [-0.15, -0.1) is 0 Å². The van der Waals surface area contributed by atoms with Gasteiger partial charge in [-0.05, 0) is 0 Å². The fourth-order valence-corrected chi connectivity index (χ4v) is 0.163. The van der Waals surface area contributed by atoms with Crippen LogP contribution in [0.25, 0.3) is 0 Å². The second-order valence-electron chi connectivity index (χ2n) is 0.986. The molecule has 0 amide bonds. The SMILES string of the molecule is O=C(O)OC(=O)OC(=O)O.[BaH2].[BaH2].[BaH2].[BaH2]. The van der Waals surface area contributed by atoms with E-state index in [1.54, 1.807) is 0 Å². The van der Waals surface area contributed by atoms with Crippen LogP contribution in [-0.4, -0.2) is 224 Å². The Morgan fingerprint density at radius 3 is 1.07 bits per heavy atom. The fourth-order valence-electron chi connectivity index (χ4n) is 0.163. The van der Waals surface area contributed by atoms with Crippen LogP contribution < -0.4 is 0 Å². The predicted octanol–water partition coefficient (Wildman–Crippen LogP) is -3.17. The number of hydrogen-bond acceptors (Lipinski definition) is 5.